The van der Waals surface area contributed by atoms with E-state index in [1.54, 1.807) is 0 Å². The van der Waals surface area contributed by atoms with E-state index >= 15 is 0 Å². The van der Waals surface area contributed by atoms with E-state index in [0.29, 0.717) is 0 Å². The van der Waals surface area contributed by atoms with Crippen LogP contribution in [0.25, 0.3) is 0 Å². The molecular weight excluding hydrogens is 314 g/mol. The summed E-state index contributed by atoms with van der Waals surface area (Å²) in [6, 6.07) is 9.28. The van der Waals surface area contributed by atoms with E-state index in [2.05, 4.69) is 20.9 Å². The summed E-state index contributed by atoms with van der Waals surface area (Å²) in [6.45, 7) is -0.218. The second-order valence-electron chi connectivity index (χ2n) is 3.86. The lowest BCUT2D eigenvalue weighted by Gasteiger charge is -2.10. The van der Waals surface area contributed by atoms with Gasteiger partial charge in [0.25, 0.3) is 5.56 Å². The van der Waals surface area contributed by atoms with Gasteiger partial charge in [0.15, 0.2) is 5.75 Å². The van der Waals surface area contributed by atoms with E-state index in [-0.39, 0.29) is 34.9 Å². The molecule has 1 heterocycles. The molecular formula is C13H12BrNO4. The number of aliphatic hydroxyl groups excluding tert-OH is 1. The van der Waals surface area contributed by atoms with Crippen LogP contribution in [0.15, 0.2) is 39.6 Å². The summed E-state index contributed by atoms with van der Waals surface area (Å²) in [6.07, 6.45) is 0. The lowest BCUT2D eigenvalue weighted by Crippen LogP contribution is -2.14. The van der Waals surface area contributed by atoms with Crippen molar-refractivity contribution in [1.29, 1.82) is 0 Å². The minimum atomic E-state index is -0.583. The predicted molar refractivity (Wildman–Crippen MR) is 73.1 cm³/mol. The molecule has 0 saturated heterocycles. The Balaban J connectivity index is 2.26. The maximum Gasteiger partial charge on any atom is 0.294 e. The van der Waals surface area contributed by atoms with Gasteiger partial charge in [-0.2, -0.15) is 0 Å². The van der Waals surface area contributed by atoms with Crippen LogP contribution < -0.4 is 10.3 Å². The first-order valence-electron chi connectivity index (χ1n) is 5.54. The van der Waals surface area contributed by atoms with E-state index in [1.807, 2.05) is 30.3 Å². The van der Waals surface area contributed by atoms with Crippen LogP contribution in [0, 0.1) is 0 Å². The Kier molecular flexibility index (Phi) is 4.24. The SMILES string of the molecule is O=c1[nH]c(CO)c(Br)c(O)c1OCc1ccccc1. The summed E-state index contributed by atoms with van der Waals surface area (Å²) in [4.78, 5) is 14.2. The average molecular weight is 326 g/mol. The van der Waals surface area contributed by atoms with Gasteiger partial charge >= 0.3 is 0 Å². The van der Waals surface area contributed by atoms with Gasteiger partial charge in [-0.15, -0.1) is 0 Å². The predicted octanol–water partition coefficient (Wildman–Crippen LogP) is 1.91. The highest BCUT2D eigenvalue weighted by Crippen LogP contribution is 2.32. The standard InChI is InChI=1S/C13H12BrNO4/c14-10-9(6-16)15-13(18)12(11(10)17)19-7-8-4-2-1-3-5-8/h1-5,16H,6-7H2,(H2,15,17,18). The number of ether oxygens (including phenoxy) is 1. The molecule has 2 rings (SSSR count). The molecule has 19 heavy (non-hydrogen) atoms. The van der Waals surface area contributed by atoms with Crippen molar-refractivity contribution in [3.63, 3.8) is 0 Å². The highest BCUT2D eigenvalue weighted by Gasteiger charge is 2.16. The number of aromatic amines is 1. The molecule has 0 aliphatic carbocycles. The number of rotatable bonds is 4. The molecule has 6 heteroatoms. The first-order valence-corrected chi connectivity index (χ1v) is 6.34. The van der Waals surface area contributed by atoms with Crippen molar-refractivity contribution in [2.24, 2.45) is 0 Å². The van der Waals surface area contributed by atoms with E-state index in [4.69, 9.17) is 9.84 Å². The van der Waals surface area contributed by atoms with Crippen molar-refractivity contribution >= 4 is 15.9 Å². The minimum Gasteiger partial charge on any atom is -0.503 e. The van der Waals surface area contributed by atoms with Gasteiger partial charge < -0.3 is 19.9 Å². The van der Waals surface area contributed by atoms with Crippen molar-refractivity contribution < 1.29 is 14.9 Å². The van der Waals surface area contributed by atoms with Gasteiger partial charge in [-0.05, 0) is 21.5 Å². The molecule has 5 nitrogen and oxygen atoms in total. The number of hydrogen-bond acceptors (Lipinski definition) is 4. The number of benzene rings is 1. The van der Waals surface area contributed by atoms with E-state index in [9.17, 15) is 9.90 Å². The van der Waals surface area contributed by atoms with Gasteiger partial charge in [0, 0.05) is 0 Å². The molecule has 100 valence electrons. The van der Waals surface area contributed by atoms with Gasteiger partial charge in [-0.3, -0.25) is 4.79 Å². The van der Waals surface area contributed by atoms with Crippen LogP contribution >= 0.6 is 15.9 Å². The van der Waals surface area contributed by atoms with Crippen LogP contribution in [0.3, 0.4) is 0 Å². The fourth-order valence-electron chi connectivity index (χ4n) is 1.57. The number of aromatic hydroxyl groups is 1. The molecule has 0 amide bonds. The van der Waals surface area contributed by atoms with Crippen LogP contribution in [-0.2, 0) is 13.2 Å². The molecule has 0 saturated carbocycles. The van der Waals surface area contributed by atoms with Crippen molar-refractivity contribution in [2.75, 3.05) is 0 Å². The van der Waals surface area contributed by atoms with E-state index in [0.717, 1.165) is 5.56 Å². The van der Waals surface area contributed by atoms with E-state index in [1.165, 1.54) is 0 Å². The van der Waals surface area contributed by atoms with Gasteiger partial charge in [0.05, 0.1) is 16.8 Å². The smallest absolute Gasteiger partial charge is 0.294 e. The van der Waals surface area contributed by atoms with Gasteiger partial charge in [0.1, 0.15) is 6.61 Å². The Morgan fingerprint density at radius 3 is 2.58 bits per heavy atom. The summed E-state index contributed by atoms with van der Waals surface area (Å²) < 4.78 is 5.55. The molecule has 0 radical (unpaired) electrons. The summed E-state index contributed by atoms with van der Waals surface area (Å²) in [7, 11) is 0. The number of H-pyrrole nitrogens is 1. The summed E-state index contributed by atoms with van der Waals surface area (Å²) in [5, 5.41) is 18.9. The molecule has 0 unspecified atom stereocenters. The minimum absolute atomic E-state index is 0.169. The Morgan fingerprint density at radius 1 is 1.26 bits per heavy atom. The van der Waals surface area contributed by atoms with Crippen molar-refractivity contribution in [3.8, 4) is 11.5 Å². The van der Waals surface area contributed by atoms with Crippen LogP contribution in [0.5, 0.6) is 11.5 Å². The third-order valence-corrected chi connectivity index (χ3v) is 3.40. The summed E-state index contributed by atoms with van der Waals surface area (Å²) in [5.74, 6) is -0.489. The van der Waals surface area contributed by atoms with Crippen LogP contribution in [-0.4, -0.2) is 15.2 Å². The fraction of sp³-hybridized carbons (Fsp3) is 0.154. The molecule has 0 spiro atoms. The molecule has 0 fully saturated rings. The number of aliphatic hydroxyl groups is 1. The number of hydrogen-bond donors (Lipinski definition) is 3. The van der Waals surface area contributed by atoms with Crippen molar-refractivity contribution in [1.82, 2.24) is 4.98 Å². The molecule has 3 N–H and O–H groups in total. The van der Waals surface area contributed by atoms with Crippen molar-refractivity contribution in [2.45, 2.75) is 13.2 Å². The molecule has 0 atom stereocenters. The molecule has 0 aliphatic heterocycles. The maximum atomic E-state index is 11.7. The topological polar surface area (TPSA) is 82.6 Å². The van der Waals surface area contributed by atoms with Gasteiger partial charge in [-0.1, -0.05) is 30.3 Å². The third-order valence-electron chi connectivity index (χ3n) is 2.54. The second-order valence-corrected chi connectivity index (χ2v) is 4.65. The first-order chi connectivity index (χ1) is 9.13. The van der Waals surface area contributed by atoms with Crippen LogP contribution in [0.2, 0.25) is 0 Å². The van der Waals surface area contributed by atoms with Gasteiger partial charge in [0.2, 0.25) is 5.75 Å². The first kappa shape index (κ1) is 13.6. The summed E-state index contributed by atoms with van der Waals surface area (Å²) in [5.41, 5.74) is 0.499. The monoisotopic (exact) mass is 325 g/mol. The quantitative estimate of drug-likeness (QED) is 0.802. The molecule has 2 aromatic rings. The number of halogens is 1. The number of aromatic nitrogens is 1. The number of nitrogens with one attached hydrogen (secondary N) is 1. The number of pyridine rings is 1. The van der Waals surface area contributed by atoms with E-state index < -0.39 is 5.56 Å². The van der Waals surface area contributed by atoms with Crippen LogP contribution in [0.1, 0.15) is 11.3 Å². The highest BCUT2D eigenvalue weighted by molar-refractivity contribution is 9.10. The lowest BCUT2D eigenvalue weighted by molar-refractivity contribution is 0.266. The third kappa shape index (κ3) is 2.97. The Morgan fingerprint density at radius 2 is 1.95 bits per heavy atom. The Bertz CT molecular complexity index is 625. The lowest BCUT2D eigenvalue weighted by atomic mass is 10.2. The van der Waals surface area contributed by atoms with Gasteiger partial charge in [-0.25, -0.2) is 0 Å². The second kappa shape index (κ2) is 5.90. The summed E-state index contributed by atoms with van der Waals surface area (Å²) >= 11 is 3.09. The largest absolute Gasteiger partial charge is 0.503 e. The van der Waals surface area contributed by atoms with Crippen molar-refractivity contribution in [3.05, 3.63) is 56.4 Å². The Labute approximate surface area is 117 Å². The van der Waals surface area contributed by atoms with Crippen LogP contribution in [0.4, 0.5) is 0 Å². The fourth-order valence-corrected chi connectivity index (χ4v) is 1.98. The normalized spacial score (nSPS) is 10.4. The molecule has 1 aromatic carbocycles. The molecule has 0 aliphatic rings. The average Bonchev–Trinajstić information content (AvgIpc) is 2.44. The highest BCUT2D eigenvalue weighted by atomic mass is 79.9. The molecule has 1 aromatic heterocycles. The Hall–Kier alpha value is -1.79. The zero-order valence-electron chi connectivity index (χ0n) is 9.89. The zero-order valence-corrected chi connectivity index (χ0v) is 11.5. The molecule has 0 bridgehead atoms. The zero-order chi connectivity index (χ0) is 13.8. The maximum absolute atomic E-state index is 11.7.